The van der Waals surface area contributed by atoms with Crippen LogP contribution in [0.4, 0.5) is 5.69 Å². The first-order chi connectivity index (χ1) is 13.6. The number of anilines is 1. The van der Waals surface area contributed by atoms with Crippen molar-refractivity contribution >= 4 is 34.5 Å². The lowest BCUT2D eigenvalue weighted by Crippen LogP contribution is -2.11. The van der Waals surface area contributed by atoms with E-state index in [1.165, 1.54) is 11.3 Å². The lowest BCUT2D eigenvalue weighted by Gasteiger charge is -2.10. The number of thiophene rings is 1. The Bertz CT molecular complexity index is 1110. The van der Waals surface area contributed by atoms with Gasteiger partial charge in [-0.25, -0.2) is 0 Å². The number of carbonyl (C=O) groups is 1. The number of aromatic nitrogens is 2. The minimum absolute atomic E-state index is 0.209. The number of halogens is 1. The summed E-state index contributed by atoms with van der Waals surface area (Å²) in [7, 11) is 1.57. The van der Waals surface area contributed by atoms with Gasteiger partial charge in [0, 0.05) is 10.6 Å². The van der Waals surface area contributed by atoms with Gasteiger partial charge in [-0.1, -0.05) is 17.7 Å². The largest absolute Gasteiger partial charge is 0.497 e. The van der Waals surface area contributed by atoms with E-state index in [2.05, 4.69) is 15.5 Å². The molecule has 140 valence electrons. The first-order valence-electron chi connectivity index (χ1n) is 8.27. The summed E-state index contributed by atoms with van der Waals surface area (Å²) in [5.41, 5.74) is 1.86. The molecule has 4 rings (SSSR count). The highest BCUT2D eigenvalue weighted by molar-refractivity contribution is 7.12. The van der Waals surface area contributed by atoms with Gasteiger partial charge in [-0.05, 0) is 53.9 Å². The van der Waals surface area contributed by atoms with Gasteiger partial charge < -0.3 is 14.5 Å². The molecule has 2 heterocycles. The van der Waals surface area contributed by atoms with E-state index in [0.29, 0.717) is 32.8 Å². The molecule has 0 spiro atoms. The van der Waals surface area contributed by atoms with Gasteiger partial charge >= 0.3 is 0 Å². The van der Waals surface area contributed by atoms with Crippen molar-refractivity contribution in [3.63, 3.8) is 0 Å². The predicted octanol–water partition coefficient (Wildman–Crippen LogP) is 5.38. The van der Waals surface area contributed by atoms with Crippen molar-refractivity contribution in [2.24, 2.45) is 0 Å². The molecule has 8 heteroatoms. The Labute approximate surface area is 169 Å². The summed E-state index contributed by atoms with van der Waals surface area (Å²) in [5.74, 6) is 1.02. The summed E-state index contributed by atoms with van der Waals surface area (Å²) >= 11 is 7.29. The number of amides is 1. The molecular weight excluding hydrogens is 398 g/mol. The van der Waals surface area contributed by atoms with Crippen LogP contribution in [0.25, 0.3) is 22.9 Å². The number of nitrogens with zero attached hydrogens (tertiary/aromatic N) is 2. The highest BCUT2D eigenvalue weighted by Gasteiger charge is 2.17. The number of methoxy groups -OCH3 is 1. The fraction of sp³-hybridized carbons (Fsp3) is 0.0500. The van der Waals surface area contributed by atoms with Crippen LogP contribution in [0.1, 0.15) is 9.67 Å². The fourth-order valence-electron chi connectivity index (χ4n) is 2.57. The Balaban J connectivity index is 1.70. The molecule has 0 aliphatic heterocycles. The predicted molar refractivity (Wildman–Crippen MR) is 109 cm³/mol. The van der Waals surface area contributed by atoms with Crippen molar-refractivity contribution in [2.45, 2.75) is 0 Å². The second-order valence-electron chi connectivity index (χ2n) is 5.76. The van der Waals surface area contributed by atoms with Crippen LogP contribution in [0.5, 0.6) is 5.75 Å². The van der Waals surface area contributed by atoms with E-state index in [9.17, 15) is 4.79 Å². The van der Waals surface area contributed by atoms with Gasteiger partial charge in [0.05, 0.1) is 23.2 Å². The third-order valence-corrected chi connectivity index (χ3v) is 5.09. The smallest absolute Gasteiger partial charge is 0.265 e. The number of benzene rings is 2. The SMILES string of the molecule is COc1ccc(NC(=O)c2cccs2)c(-c2nnc(-c3ccc(Cl)cc3)o2)c1. The second-order valence-corrected chi connectivity index (χ2v) is 7.15. The van der Waals surface area contributed by atoms with Crippen molar-refractivity contribution < 1.29 is 13.9 Å². The van der Waals surface area contributed by atoms with Crippen molar-refractivity contribution in [1.82, 2.24) is 10.2 Å². The molecule has 0 saturated carbocycles. The van der Waals surface area contributed by atoms with Gasteiger partial charge in [0.1, 0.15) is 5.75 Å². The minimum Gasteiger partial charge on any atom is -0.497 e. The first-order valence-corrected chi connectivity index (χ1v) is 9.52. The monoisotopic (exact) mass is 411 g/mol. The van der Waals surface area contributed by atoms with Crippen LogP contribution < -0.4 is 10.1 Å². The second kappa shape index (κ2) is 7.84. The van der Waals surface area contributed by atoms with Crippen LogP contribution >= 0.6 is 22.9 Å². The van der Waals surface area contributed by atoms with Crippen LogP contribution in [0.3, 0.4) is 0 Å². The van der Waals surface area contributed by atoms with E-state index >= 15 is 0 Å². The Morgan fingerprint density at radius 2 is 1.89 bits per heavy atom. The van der Waals surface area contributed by atoms with Crippen LogP contribution in [0, 0.1) is 0 Å². The zero-order valence-corrected chi connectivity index (χ0v) is 16.3. The highest BCUT2D eigenvalue weighted by Crippen LogP contribution is 2.33. The standard InChI is InChI=1S/C20H14ClN3O3S/c1-26-14-8-9-16(22-18(25)17-3-2-10-28-17)15(11-14)20-24-23-19(27-20)12-4-6-13(21)7-5-12/h2-11H,1H3,(H,22,25). The maximum absolute atomic E-state index is 12.5. The number of rotatable bonds is 5. The third-order valence-electron chi connectivity index (χ3n) is 3.97. The van der Waals surface area contributed by atoms with Crippen LogP contribution in [-0.2, 0) is 0 Å². The molecular formula is C20H14ClN3O3S. The van der Waals surface area contributed by atoms with Gasteiger partial charge in [-0.2, -0.15) is 0 Å². The molecule has 0 aliphatic carbocycles. The summed E-state index contributed by atoms with van der Waals surface area (Å²) in [4.78, 5) is 13.1. The number of nitrogens with one attached hydrogen (secondary N) is 1. The zero-order chi connectivity index (χ0) is 19.5. The molecule has 0 aliphatic rings. The van der Waals surface area contributed by atoms with Crippen LogP contribution in [-0.4, -0.2) is 23.2 Å². The van der Waals surface area contributed by atoms with Gasteiger partial charge in [0.25, 0.3) is 5.91 Å². The number of carbonyl (C=O) groups excluding carboxylic acids is 1. The molecule has 1 N–H and O–H groups in total. The highest BCUT2D eigenvalue weighted by atomic mass is 35.5. The lowest BCUT2D eigenvalue weighted by molar-refractivity contribution is 0.103. The van der Waals surface area contributed by atoms with Crippen molar-refractivity contribution in [3.05, 3.63) is 69.9 Å². The van der Waals surface area contributed by atoms with Crippen molar-refractivity contribution in [2.75, 3.05) is 12.4 Å². The maximum Gasteiger partial charge on any atom is 0.265 e. The normalized spacial score (nSPS) is 10.6. The molecule has 0 unspecified atom stereocenters. The van der Waals surface area contributed by atoms with E-state index < -0.39 is 0 Å². The molecule has 28 heavy (non-hydrogen) atoms. The van der Waals surface area contributed by atoms with E-state index in [0.717, 1.165) is 5.56 Å². The van der Waals surface area contributed by atoms with Crippen molar-refractivity contribution in [3.8, 4) is 28.7 Å². The number of hydrogen-bond donors (Lipinski definition) is 1. The molecule has 2 aromatic heterocycles. The molecule has 4 aromatic rings. The molecule has 0 atom stereocenters. The summed E-state index contributed by atoms with van der Waals surface area (Å²) in [6.07, 6.45) is 0. The summed E-state index contributed by atoms with van der Waals surface area (Å²) < 4.78 is 11.1. The fourth-order valence-corrected chi connectivity index (χ4v) is 3.31. The number of hydrogen-bond acceptors (Lipinski definition) is 6. The topological polar surface area (TPSA) is 77.2 Å². The number of ether oxygens (including phenoxy) is 1. The van der Waals surface area contributed by atoms with Gasteiger partial charge in [-0.15, -0.1) is 21.5 Å². The third kappa shape index (κ3) is 3.76. The Hall–Kier alpha value is -3.16. The zero-order valence-electron chi connectivity index (χ0n) is 14.7. The molecule has 0 bridgehead atoms. The maximum atomic E-state index is 12.5. The van der Waals surface area contributed by atoms with Gasteiger partial charge in [0.15, 0.2) is 0 Å². The summed E-state index contributed by atoms with van der Waals surface area (Å²) in [6, 6.07) is 15.9. The summed E-state index contributed by atoms with van der Waals surface area (Å²) in [6.45, 7) is 0. The average molecular weight is 412 g/mol. The summed E-state index contributed by atoms with van der Waals surface area (Å²) in [5, 5.41) is 13.6. The lowest BCUT2D eigenvalue weighted by atomic mass is 10.1. The van der Waals surface area contributed by atoms with Gasteiger partial charge in [0.2, 0.25) is 11.8 Å². The Morgan fingerprint density at radius 3 is 2.61 bits per heavy atom. The minimum atomic E-state index is -0.209. The van der Waals surface area contributed by atoms with E-state index in [4.69, 9.17) is 20.8 Å². The molecule has 6 nitrogen and oxygen atoms in total. The molecule has 0 fully saturated rings. The Morgan fingerprint density at radius 1 is 1.11 bits per heavy atom. The quantitative estimate of drug-likeness (QED) is 0.477. The average Bonchev–Trinajstić information content (AvgIpc) is 3.41. The molecule has 2 aromatic carbocycles. The van der Waals surface area contributed by atoms with E-state index in [-0.39, 0.29) is 11.8 Å². The van der Waals surface area contributed by atoms with E-state index in [1.54, 1.807) is 55.6 Å². The molecule has 1 amide bonds. The van der Waals surface area contributed by atoms with E-state index in [1.807, 2.05) is 11.4 Å². The molecule has 0 radical (unpaired) electrons. The first kappa shape index (κ1) is 18.2. The van der Waals surface area contributed by atoms with Gasteiger partial charge in [-0.3, -0.25) is 4.79 Å². The van der Waals surface area contributed by atoms with Crippen molar-refractivity contribution in [1.29, 1.82) is 0 Å². The van der Waals surface area contributed by atoms with Crippen LogP contribution in [0.2, 0.25) is 5.02 Å². The Kier molecular flexibility index (Phi) is 5.10. The molecule has 0 saturated heterocycles. The van der Waals surface area contributed by atoms with Crippen LogP contribution in [0.15, 0.2) is 64.4 Å².